The number of benzene rings is 3. The van der Waals surface area contributed by atoms with Crippen LogP contribution in [-0.2, 0) is 23.1 Å². The van der Waals surface area contributed by atoms with Crippen molar-refractivity contribution < 1.29 is 13.2 Å². The Bertz CT molecular complexity index is 1860. The molecule has 0 amide bonds. The fourth-order valence-corrected chi connectivity index (χ4v) is 6.00. The highest BCUT2D eigenvalue weighted by Crippen LogP contribution is 2.33. The fraction of sp³-hybridized carbons (Fsp3) is 0.129. The molecule has 0 spiro atoms. The van der Waals surface area contributed by atoms with E-state index in [4.69, 9.17) is 0 Å². The largest absolute Gasteiger partial charge is 0.300 e. The lowest BCUT2D eigenvalue weighted by Crippen LogP contribution is -2.28. The standard InChI is InChI=1S/C31H26BrN3O4S/c1-2-28(36)30-29(22-8-4-3-5-9-22)27-18-23(32)13-16-26(27)31(37)35(30)20-21-11-14-25(15-12-21)40(38,39)34-19-24-10-6-7-17-33-24/h3-18,34H,2,19-20H2,1H3. The Balaban J connectivity index is 1.57. The van der Waals surface area contributed by atoms with Gasteiger partial charge in [-0.15, -0.1) is 0 Å². The minimum Gasteiger partial charge on any atom is -0.300 e. The molecule has 0 bridgehead atoms. The van der Waals surface area contributed by atoms with Crippen molar-refractivity contribution in [1.82, 2.24) is 14.3 Å². The van der Waals surface area contributed by atoms with E-state index in [0.29, 0.717) is 33.3 Å². The summed E-state index contributed by atoms with van der Waals surface area (Å²) in [5.74, 6) is -0.157. The first-order valence-corrected chi connectivity index (χ1v) is 15.0. The van der Waals surface area contributed by atoms with Crippen LogP contribution in [0.3, 0.4) is 0 Å². The van der Waals surface area contributed by atoms with Gasteiger partial charge >= 0.3 is 0 Å². The summed E-state index contributed by atoms with van der Waals surface area (Å²) < 4.78 is 30.6. The number of carbonyl (C=O) groups excluding carboxylic acids is 1. The van der Waals surface area contributed by atoms with Gasteiger partial charge in [0, 0.05) is 28.0 Å². The van der Waals surface area contributed by atoms with Crippen LogP contribution in [0, 0.1) is 0 Å². The van der Waals surface area contributed by atoms with E-state index < -0.39 is 10.0 Å². The molecule has 0 atom stereocenters. The first-order valence-electron chi connectivity index (χ1n) is 12.7. The molecule has 40 heavy (non-hydrogen) atoms. The molecule has 202 valence electrons. The molecule has 5 aromatic rings. The van der Waals surface area contributed by atoms with Crippen LogP contribution in [-0.4, -0.2) is 23.8 Å². The zero-order chi connectivity index (χ0) is 28.3. The quantitative estimate of drug-likeness (QED) is 0.207. The van der Waals surface area contributed by atoms with Gasteiger partial charge in [0.15, 0.2) is 5.78 Å². The number of nitrogens with one attached hydrogen (secondary N) is 1. The SMILES string of the molecule is CCC(=O)c1c(-c2ccccc2)c2cc(Br)ccc2c(=O)n1Cc1ccc(S(=O)(=O)NCc2ccccn2)cc1. The average Bonchev–Trinajstić information content (AvgIpc) is 2.98. The van der Waals surface area contributed by atoms with E-state index in [1.165, 1.54) is 16.7 Å². The topological polar surface area (TPSA) is 98.1 Å². The van der Waals surface area contributed by atoms with Crippen LogP contribution in [0.2, 0.25) is 0 Å². The molecule has 0 saturated carbocycles. The van der Waals surface area contributed by atoms with E-state index in [2.05, 4.69) is 25.6 Å². The molecule has 0 fully saturated rings. The molecule has 0 unspecified atom stereocenters. The molecular weight excluding hydrogens is 590 g/mol. The Hall–Kier alpha value is -3.92. The van der Waals surface area contributed by atoms with Crippen molar-refractivity contribution in [2.45, 2.75) is 31.3 Å². The van der Waals surface area contributed by atoms with Gasteiger partial charge in [0.25, 0.3) is 5.56 Å². The molecule has 7 nitrogen and oxygen atoms in total. The third-order valence-electron chi connectivity index (χ3n) is 6.62. The second-order valence-corrected chi connectivity index (χ2v) is 11.9. The maximum absolute atomic E-state index is 13.8. The van der Waals surface area contributed by atoms with Gasteiger partial charge in [0.1, 0.15) is 0 Å². The number of carbonyl (C=O) groups is 1. The average molecular weight is 617 g/mol. The molecule has 0 aliphatic heterocycles. The van der Waals surface area contributed by atoms with Gasteiger partial charge in [0.2, 0.25) is 10.0 Å². The minimum atomic E-state index is -3.77. The highest BCUT2D eigenvalue weighted by Gasteiger charge is 2.23. The van der Waals surface area contributed by atoms with E-state index >= 15 is 0 Å². The summed E-state index contributed by atoms with van der Waals surface area (Å²) in [6, 6.07) is 26.6. The first-order chi connectivity index (χ1) is 19.3. The summed E-state index contributed by atoms with van der Waals surface area (Å²) >= 11 is 3.51. The van der Waals surface area contributed by atoms with Crippen LogP contribution in [0.1, 0.15) is 35.1 Å². The second kappa shape index (κ2) is 11.7. The summed E-state index contributed by atoms with van der Waals surface area (Å²) in [7, 11) is -3.77. The van der Waals surface area contributed by atoms with Crippen molar-refractivity contribution in [2.24, 2.45) is 0 Å². The Morgan fingerprint density at radius 3 is 2.33 bits per heavy atom. The molecule has 0 aliphatic rings. The molecule has 2 heterocycles. The van der Waals surface area contributed by atoms with Crippen molar-refractivity contribution >= 4 is 42.5 Å². The second-order valence-electron chi connectivity index (χ2n) is 9.24. The van der Waals surface area contributed by atoms with Crippen LogP contribution in [0.25, 0.3) is 21.9 Å². The highest BCUT2D eigenvalue weighted by molar-refractivity contribution is 9.10. The Morgan fingerprint density at radius 2 is 1.65 bits per heavy atom. The monoisotopic (exact) mass is 615 g/mol. The molecule has 3 aromatic carbocycles. The van der Waals surface area contributed by atoms with Crippen LogP contribution < -0.4 is 10.3 Å². The van der Waals surface area contributed by atoms with Crippen molar-refractivity contribution in [1.29, 1.82) is 0 Å². The van der Waals surface area contributed by atoms with Gasteiger partial charge in [-0.05, 0) is 59.0 Å². The number of sulfonamides is 1. The van der Waals surface area contributed by atoms with Crippen molar-refractivity contribution in [3.63, 3.8) is 0 Å². The summed E-state index contributed by atoms with van der Waals surface area (Å²) in [6.07, 6.45) is 1.82. The third-order valence-corrected chi connectivity index (χ3v) is 8.54. The van der Waals surface area contributed by atoms with Gasteiger partial charge in [-0.25, -0.2) is 13.1 Å². The predicted octanol–water partition coefficient (Wildman–Crippen LogP) is 5.95. The highest BCUT2D eigenvalue weighted by atomic mass is 79.9. The van der Waals surface area contributed by atoms with Crippen LogP contribution in [0.4, 0.5) is 0 Å². The number of nitrogens with zero attached hydrogens (tertiary/aromatic N) is 2. The first kappa shape index (κ1) is 27.6. The normalized spacial score (nSPS) is 11.6. The lowest BCUT2D eigenvalue weighted by Gasteiger charge is -2.19. The number of pyridine rings is 2. The summed E-state index contributed by atoms with van der Waals surface area (Å²) in [5.41, 5.74) is 2.86. The summed E-state index contributed by atoms with van der Waals surface area (Å²) in [4.78, 5) is 31.4. The van der Waals surface area contributed by atoms with E-state index in [0.717, 1.165) is 10.0 Å². The number of Topliss-reactive ketones (excluding diaryl/α,β-unsaturated/α-hetero) is 1. The molecule has 5 rings (SSSR count). The van der Waals surface area contributed by atoms with Crippen LogP contribution >= 0.6 is 15.9 Å². The minimum absolute atomic E-state index is 0.0677. The Kier molecular flexibility index (Phi) is 8.07. The van der Waals surface area contributed by atoms with Crippen molar-refractivity contribution in [3.8, 4) is 11.1 Å². The summed E-state index contributed by atoms with van der Waals surface area (Å²) in [5, 5.41) is 1.19. The summed E-state index contributed by atoms with van der Waals surface area (Å²) in [6.45, 7) is 1.94. The van der Waals surface area contributed by atoms with E-state index in [-0.39, 0.29) is 35.7 Å². The van der Waals surface area contributed by atoms with Gasteiger partial charge in [-0.3, -0.25) is 19.1 Å². The van der Waals surface area contributed by atoms with E-state index in [1.807, 2.05) is 42.5 Å². The molecule has 1 N–H and O–H groups in total. The smallest absolute Gasteiger partial charge is 0.259 e. The number of hydrogen-bond donors (Lipinski definition) is 1. The van der Waals surface area contributed by atoms with Crippen molar-refractivity contribution in [2.75, 3.05) is 0 Å². The number of halogens is 1. The van der Waals surface area contributed by atoms with Gasteiger partial charge in [-0.1, -0.05) is 71.4 Å². The van der Waals surface area contributed by atoms with Crippen molar-refractivity contribution in [3.05, 3.63) is 129 Å². The Morgan fingerprint density at radius 1 is 0.925 bits per heavy atom. The fourth-order valence-electron chi connectivity index (χ4n) is 4.64. The molecule has 0 saturated heterocycles. The maximum Gasteiger partial charge on any atom is 0.259 e. The lowest BCUT2D eigenvalue weighted by atomic mass is 9.94. The predicted molar refractivity (Wildman–Crippen MR) is 160 cm³/mol. The van der Waals surface area contributed by atoms with E-state index in [9.17, 15) is 18.0 Å². The van der Waals surface area contributed by atoms with Crippen LogP contribution in [0.15, 0.2) is 111 Å². The molecule has 9 heteroatoms. The molecular formula is C31H26BrN3O4S. The third kappa shape index (κ3) is 5.67. The number of ketones is 1. The van der Waals surface area contributed by atoms with Crippen LogP contribution in [0.5, 0.6) is 0 Å². The molecule has 0 radical (unpaired) electrons. The zero-order valence-corrected chi connectivity index (χ0v) is 24.1. The number of hydrogen-bond acceptors (Lipinski definition) is 5. The van der Waals surface area contributed by atoms with E-state index in [1.54, 1.807) is 49.5 Å². The van der Waals surface area contributed by atoms with Gasteiger partial charge in [-0.2, -0.15) is 0 Å². The molecule has 2 aromatic heterocycles. The Labute approximate surface area is 240 Å². The van der Waals surface area contributed by atoms with Gasteiger partial charge in [0.05, 0.1) is 29.4 Å². The number of rotatable bonds is 9. The molecule has 0 aliphatic carbocycles. The maximum atomic E-state index is 13.8. The van der Waals surface area contributed by atoms with Gasteiger partial charge < -0.3 is 0 Å². The number of aromatic nitrogens is 2. The zero-order valence-electron chi connectivity index (χ0n) is 21.7. The number of fused-ring (bicyclic) bond motifs is 1. The lowest BCUT2D eigenvalue weighted by molar-refractivity contribution is 0.0979.